The number of anilines is 1. The molecule has 1 N–H and O–H groups in total. The van der Waals surface area contributed by atoms with Crippen LogP contribution in [0.3, 0.4) is 0 Å². The second-order valence-electron chi connectivity index (χ2n) is 7.63. The van der Waals surface area contributed by atoms with Crippen molar-refractivity contribution in [3.8, 4) is 0 Å². The fraction of sp³-hybridized carbons (Fsp3) is 0.478. The van der Waals surface area contributed by atoms with Crippen molar-refractivity contribution in [3.63, 3.8) is 0 Å². The average Bonchev–Trinajstić information content (AvgIpc) is 3.35. The second-order valence-corrected chi connectivity index (χ2v) is 8.63. The normalized spacial score (nSPS) is 17.5. The summed E-state index contributed by atoms with van der Waals surface area (Å²) >= 11 is 1.35. The van der Waals surface area contributed by atoms with E-state index in [1.165, 1.54) is 11.3 Å². The van der Waals surface area contributed by atoms with E-state index in [4.69, 9.17) is 9.84 Å². The number of carboxylic acids is 1. The summed E-state index contributed by atoms with van der Waals surface area (Å²) in [4.78, 5) is 26.0. The van der Waals surface area contributed by atoms with Crippen molar-refractivity contribution < 1.29 is 23.8 Å². The molecule has 0 radical (unpaired) electrons. The first-order valence-corrected chi connectivity index (χ1v) is 11.3. The van der Waals surface area contributed by atoms with Crippen LogP contribution < -0.4 is 4.90 Å². The third kappa shape index (κ3) is 5.67. The SMILES string of the molecule is CCCCC[C@@H](F)c1ccc(N2C(=O)CCC2COCc2cc(C(=O)O)cs2)cc1. The number of amides is 1. The van der Waals surface area contributed by atoms with Crippen LogP contribution in [0.1, 0.15) is 72.4 Å². The molecule has 1 aliphatic rings. The number of rotatable bonds is 11. The maximum Gasteiger partial charge on any atom is 0.336 e. The van der Waals surface area contributed by atoms with Crippen molar-refractivity contribution >= 4 is 28.9 Å². The minimum Gasteiger partial charge on any atom is -0.478 e. The topological polar surface area (TPSA) is 66.8 Å². The Balaban J connectivity index is 1.56. The predicted molar refractivity (Wildman–Crippen MR) is 116 cm³/mol. The van der Waals surface area contributed by atoms with Crippen molar-refractivity contribution in [1.82, 2.24) is 0 Å². The Morgan fingerprint density at radius 2 is 2.10 bits per heavy atom. The first-order chi connectivity index (χ1) is 14.5. The summed E-state index contributed by atoms with van der Waals surface area (Å²) in [5.74, 6) is -0.908. The van der Waals surface area contributed by atoms with E-state index in [1.54, 1.807) is 28.5 Å². The van der Waals surface area contributed by atoms with Crippen LogP contribution in [0.4, 0.5) is 10.1 Å². The largest absolute Gasteiger partial charge is 0.478 e. The molecule has 5 nitrogen and oxygen atoms in total. The van der Waals surface area contributed by atoms with Gasteiger partial charge in [-0.2, -0.15) is 0 Å². The molecule has 1 aromatic heterocycles. The van der Waals surface area contributed by atoms with Crippen LogP contribution in [0.5, 0.6) is 0 Å². The summed E-state index contributed by atoms with van der Waals surface area (Å²) in [5, 5.41) is 10.6. The van der Waals surface area contributed by atoms with E-state index in [0.29, 0.717) is 38.0 Å². The lowest BCUT2D eigenvalue weighted by Gasteiger charge is -2.25. The molecule has 2 atom stereocenters. The molecule has 0 saturated carbocycles. The van der Waals surface area contributed by atoms with Crippen LogP contribution in [-0.2, 0) is 16.1 Å². The van der Waals surface area contributed by atoms with Gasteiger partial charge in [0.15, 0.2) is 0 Å². The molecule has 2 aromatic rings. The van der Waals surface area contributed by atoms with Gasteiger partial charge in [-0.15, -0.1) is 11.3 Å². The number of benzene rings is 1. The molecule has 0 aliphatic carbocycles. The lowest BCUT2D eigenvalue weighted by atomic mass is 10.0. The summed E-state index contributed by atoms with van der Waals surface area (Å²) in [6.45, 7) is 2.79. The number of aromatic carboxylic acids is 1. The van der Waals surface area contributed by atoms with Crippen LogP contribution in [0.25, 0.3) is 0 Å². The van der Waals surface area contributed by atoms with Gasteiger partial charge in [-0.05, 0) is 36.6 Å². The van der Waals surface area contributed by atoms with Gasteiger partial charge in [0.25, 0.3) is 0 Å². The number of carboxylic acid groups (broad SMARTS) is 1. The quantitative estimate of drug-likeness (QED) is 0.458. The molecule has 1 aromatic carbocycles. The highest BCUT2D eigenvalue weighted by molar-refractivity contribution is 7.10. The van der Waals surface area contributed by atoms with E-state index in [9.17, 15) is 14.0 Å². The fourth-order valence-electron chi connectivity index (χ4n) is 3.70. The van der Waals surface area contributed by atoms with Crippen molar-refractivity contribution in [2.24, 2.45) is 0 Å². The number of carbonyl (C=O) groups excluding carboxylic acids is 1. The second kappa shape index (κ2) is 10.7. The lowest BCUT2D eigenvalue weighted by molar-refractivity contribution is -0.117. The number of carbonyl (C=O) groups is 2. The van der Waals surface area contributed by atoms with Crippen molar-refractivity contribution in [3.05, 3.63) is 51.7 Å². The maximum absolute atomic E-state index is 14.4. The zero-order valence-corrected chi connectivity index (χ0v) is 18.0. The summed E-state index contributed by atoms with van der Waals surface area (Å²) in [6.07, 6.45) is 3.69. The van der Waals surface area contributed by atoms with Crippen LogP contribution in [0, 0.1) is 0 Å². The molecule has 1 aliphatic heterocycles. The Hall–Kier alpha value is -2.25. The predicted octanol–water partition coefficient (Wildman–Crippen LogP) is 5.75. The molecule has 162 valence electrons. The lowest BCUT2D eigenvalue weighted by Crippen LogP contribution is -2.36. The molecule has 30 heavy (non-hydrogen) atoms. The van der Waals surface area contributed by atoms with Crippen molar-refractivity contribution in [1.29, 1.82) is 0 Å². The Kier molecular flexibility index (Phi) is 7.99. The van der Waals surface area contributed by atoms with E-state index in [-0.39, 0.29) is 17.5 Å². The zero-order valence-electron chi connectivity index (χ0n) is 17.2. The standard InChI is InChI=1S/C23H28FNO4S/c1-2-3-4-5-21(24)16-6-8-18(9-7-16)25-19(10-11-22(25)26)13-29-14-20-12-17(15-30-20)23(27)28/h6-9,12,15,19,21H,2-5,10-11,13-14H2,1H3,(H,27,28)/t19?,21-/m1/s1. The average molecular weight is 434 g/mol. The van der Waals surface area contributed by atoms with Gasteiger partial charge in [-0.3, -0.25) is 4.79 Å². The summed E-state index contributed by atoms with van der Waals surface area (Å²) in [5.41, 5.74) is 1.68. The number of ether oxygens (including phenoxy) is 1. The first-order valence-electron chi connectivity index (χ1n) is 10.4. The fourth-order valence-corrected chi connectivity index (χ4v) is 4.50. The van der Waals surface area contributed by atoms with Crippen LogP contribution in [0.15, 0.2) is 35.7 Å². The molecule has 7 heteroatoms. The molecule has 2 heterocycles. The van der Waals surface area contributed by atoms with Gasteiger partial charge in [-0.25, -0.2) is 9.18 Å². The first kappa shape index (κ1) is 22.4. The number of hydrogen-bond donors (Lipinski definition) is 1. The van der Waals surface area contributed by atoms with E-state index in [2.05, 4.69) is 6.92 Å². The summed E-state index contributed by atoms with van der Waals surface area (Å²) in [7, 11) is 0. The number of halogens is 1. The minimum atomic E-state index is -0.972. The maximum atomic E-state index is 14.4. The van der Waals surface area contributed by atoms with Crippen LogP contribution in [-0.4, -0.2) is 29.6 Å². The van der Waals surface area contributed by atoms with E-state index >= 15 is 0 Å². The van der Waals surface area contributed by atoms with Crippen molar-refractivity contribution in [2.45, 2.75) is 64.3 Å². The number of alkyl halides is 1. The molecule has 0 bridgehead atoms. The number of hydrogen-bond acceptors (Lipinski definition) is 4. The van der Waals surface area contributed by atoms with Gasteiger partial charge in [0.05, 0.1) is 24.8 Å². The van der Waals surface area contributed by atoms with E-state index in [1.807, 2.05) is 12.1 Å². The molecule has 1 saturated heterocycles. The Labute approximate surface area is 180 Å². The van der Waals surface area contributed by atoms with Gasteiger partial charge in [0.2, 0.25) is 5.91 Å². The van der Waals surface area contributed by atoms with E-state index in [0.717, 1.165) is 29.8 Å². The number of thiophene rings is 1. The highest BCUT2D eigenvalue weighted by Gasteiger charge is 2.32. The van der Waals surface area contributed by atoms with Crippen LogP contribution in [0.2, 0.25) is 0 Å². The van der Waals surface area contributed by atoms with Gasteiger partial charge >= 0.3 is 5.97 Å². The van der Waals surface area contributed by atoms with Gasteiger partial charge < -0.3 is 14.7 Å². The molecule has 0 spiro atoms. The molecule has 1 unspecified atom stereocenters. The molecule has 1 fully saturated rings. The molecular formula is C23H28FNO4S. The Morgan fingerprint density at radius 3 is 2.77 bits per heavy atom. The Morgan fingerprint density at radius 1 is 1.33 bits per heavy atom. The smallest absolute Gasteiger partial charge is 0.336 e. The summed E-state index contributed by atoms with van der Waals surface area (Å²) in [6, 6.07) is 8.71. The van der Waals surface area contributed by atoms with Gasteiger partial charge in [-0.1, -0.05) is 38.3 Å². The minimum absolute atomic E-state index is 0.0420. The van der Waals surface area contributed by atoms with Gasteiger partial charge in [0, 0.05) is 22.4 Å². The molecular weight excluding hydrogens is 405 g/mol. The number of nitrogens with zero attached hydrogens (tertiary/aromatic N) is 1. The monoisotopic (exact) mass is 433 g/mol. The summed E-state index contributed by atoms with van der Waals surface area (Å²) < 4.78 is 20.1. The number of unbranched alkanes of at least 4 members (excludes halogenated alkanes) is 2. The Bertz CT molecular complexity index is 851. The third-order valence-corrected chi connectivity index (χ3v) is 6.28. The molecule has 1 amide bonds. The van der Waals surface area contributed by atoms with E-state index < -0.39 is 12.1 Å². The third-order valence-electron chi connectivity index (χ3n) is 5.37. The van der Waals surface area contributed by atoms with Gasteiger partial charge in [0.1, 0.15) is 6.17 Å². The highest BCUT2D eigenvalue weighted by atomic mass is 32.1. The van der Waals surface area contributed by atoms with Crippen LogP contribution >= 0.6 is 11.3 Å². The molecule has 3 rings (SSSR count). The van der Waals surface area contributed by atoms with Crippen molar-refractivity contribution in [2.75, 3.05) is 11.5 Å². The zero-order chi connectivity index (χ0) is 21.5. The highest BCUT2D eigenvalue weighted by Crippen LogP contribution is 2.30.